The molecule has 0 atom stereocenters. The van der Waals surface area contributed by atoms with Crippen LogP contribution in [-0.2, 0) is 36.8 Å². The minimum Gasteiger partial charge on any atom is -0.491 e. The van der Waals surface area contributed by atoms with Crippen LogP contribution in [0.1, 0.15) is 64.5 Å². The molecule has 4 rings (SSSR count). The van der Waals surface area contributed by atoms with E-state index in [1.807, 2.05) is 56.9 Å². The second-order valence-electron chi connectivity index (χ2n) is 12.3. The summed E-state index contributed by atoms with van der Waals surface area (Å²) in [6, 6.07) is 14.5. The van der Waals surface area contributed by atoms with Crippen LogP contribution in [0.5, 0.6) is 5.75 Å². The Morgan fingerprint density at radius 1 is 0.956 bits per heavy atom. The highest BCUT2D eigenvalue weighted by molar-refractivity contribution is 6.27. The maximum atomic E-state index is 13.6. The van der Waals surface area contributed by atoms with Crippen LogP contribution in [0.25, 0.3) is 0 Å². The van der Waals surface area contributed by atoms with Crippen molar-refractivity contribution in [3.8, 4) is 5.75 Å². The minimum atomic E-state index is -1.82. The summed E-state index contributed by atoms with van der Waals surface area (Å²) in [7, 11) is 0. The van der Waals surface area contributed by atoms with Gasteiger partial charge in [-0.25, -0.2) is 14.0 Å². The Bertz CT molecular complexity index is 1210. The number of hydrogen-bond acceptors (Lipinski definition) is 7. The van der Waals surface area contributed by atoms with Crippen LogP contribution >= 0.6 is 0 Å². The number of likely N-dealkylation sites (tertiary alicyclic amines) is 1. The molecule has 11 heteroatoms. The van der Waals surface area contributed by atoms with Crippen molar-refractivity contribution in [2.45, 2.75) is 84.3 Å². The Morgan fingerprint density at radius 3 is 2.04 bits per heavy atom. The molecule has 2 aliphatic rings. The third-order valence-electron chi connectivity index (χ3n) is 7.84. The number of nitrogens with zero attached hydrogens (tertiary/aromatic N) is 2. The summed E-state index contributed by atoms with van der Waals surface area (Å²) in [6.45, 7) is 13.0. The van der Waals surface area contributed by atoms with E-state index in [4.69, 9.17) is 34.0 Å². The van der Waals surface area contributed by atoms with Gasteiger partial charge in [0.2, 0.25) is 5.91 Å². The van der Waals surface area contributed by atoms with Gasteiger partial charge in [-0.2, -0.15) is 0 Å². The van der Waals surface area contributed by atoms with E-state index in [0.717, 1.165) is 75.4 Å². The Labute approximate surface area is 265 Å². The number of amides is 1. The predicted molar refractivity (Wildman–Crippen MR) is 166 cm³/mol. The summed E-state index contributed by atoms with van der Waals surface area (Å²) in [6.07, 6.45) is 4.56. The largest absolute Gasteiger partial charge is 0.491 e. The Kier molecular flexibility index (Phi) is 13.8. The molecule has 2 N–H and O–H groups in total. The molecule has 248 valence electrons. The molecule has 2 fully saturated rings. The lowest BCUT2D eigenvalue weighted by atomic mass is 9.99. The van der Waals surface area contributed by atoms with Gasteiger partial charge in [0.05, 0.1) is 25.7 Å². The average Bonchev–Trinajstić information content (AvgIpc) is 2.99. The zero-order valence-electron chi connectivity index (χ0n) is 26.7. The lowest BCUT2D eigenvalue weighted by molar-refractivity contribution is -0.262. The molecule has 0 unspecified atom stereocenters. The molecular formula is C34H47FN2O8. The molecule has 45 heavy (non-hydrogen) atoms. The fourth-order valence-electron chi connectivity index (χ4n) is 5.39. The van der Waals surface area contributed by atoms with Crippen molar-refractivity contribution in [3.05, 3.63) is 65.5 Å². The SMILES string of the molecule is CC(C)Oc1ccc(CC(=O)N(Cc2ccc(F)cc2)C2CCN(CCCC3COC(C)(C)OC3)CC2)cc1.O=C(O)C(=O)O. The van der Waals surface area contributed by atoms with E-state index in [9.17, 15) is 9.18 Å². The summed E-state index contributed by atoms with van der Waals surface area (Å²) in [5, 5.41) is 14.8. The molecule has 0 aliphatic carbocycles. The standard InChI is InChI=1S/C32H45FN2O4.C2H2O4/c1-24(2)39-30-13-9-25(10-14-30)20-31(36)35(21-26-7-11-28(33)12-8-26)29-15-18-34(19-16-29)17-5-6-27-22-37-32(3,4)38-23-27;3-1(4)2(5)6/h7-14,24,27,29H,5-6,15-23H2,1-4H3;(H,3,4)(H,5,6). The highest BCUT2D eigenvalue weighted by atomic mass is 19.1. The number of carboxylic acid groups (broad SMARTS) is 2. The number of benzene rings is 2. The number of rotatable bonds is 11. The zero-order chi connectivity index (χ0) is 33.0. The molecular weight excluding hydrogens is 583 g/mol. The van der Waals surface area contributed by atoms with Gasteiger partial charge in [0.15, 0.2) is 5.79 Å². The van der Waals surface area contributed by atoms with Crippen molar-refractivity contribution in [3.63, 3.8) is 0 Å². The molecule has 0 aromatic heterocycles. The van der Waals surface area contributed by atoms with Gasteiger partial charge >= 0.3 is 11.9 Å². The van der Waals surface area contributed by atoms with E-state index < -0.39 is 17.7 Å². The van der Waals surface area contributed by atoms with Gasteiger partial charge in [-0.15, -0.1) is 0 Å². The molecule has 0 bridgehead atoms. The van der Waals surface area contributed by atoms with Crippen LogP contribution in [0.4, 0.5) is 4.39 Å². The van der Waals surface area contributed by atoms with Gasteiger partial charge in [-0.1, -0.05) is 24.3 Å². The van der Waals surface area contributed by atoms with Gasteiger partial charge < -0.3 is 34.2 Å². The number of aliphatic carboxylic acids is 2. The number of halogens is 1. The molecule has 2 saturated heterocycles. The second kappa shape index (κ2) is 17.2. The summed E-state index contributed by atoms with van der Waals surface area (Å²) < 4.78 is 30.9. The lowest BCUT2D eigenvalue weighted by Crippen LogP contribution is -2.47. The summed E-state index contributed by atoms with van der Waals surface area (Å²) >= 11 is 0. The number of carbonyl (C=O) groups excluding carboxylic acids is 1. The highest BCUT2D eigenvalue weighted by Crippen LogP contribution is 2.25. The van der Waals surface area contributed by atoms with E-state index in [-0.39, 0.29) is 23.9 Å². The van der Waals surface area contributed by atoms with Crippen molar-refractivity contribution in [1.82, 2.24) is 9.80 Å². The van der Waals surface area contributed by atoms with E-state index in [1.165, 1.54) is 12.1 Å². The molecule has 0 radical (unpaired) electrons. The van der Waals surface area contributed by atoms with Crippen LogP contribution < -0.4 is 4.74 Å². The van der Waals surface area contributed by atoms with Crippen LogP contribution in [0, 0.1) is 11.7 Å². The van der Waals surface area contributed by atoms with Gasteiger partial charge in [-0.3, -0.25) is 4.79 Å². The molecule has 2 aliphatic heterocycles. The summed E-state index contributed by atoms with van der Waals surface area (Å²) in [5.41, 5.74) is 1.92. The first kappa shape index (κ1) is 35.9. The van der Waals surface area contributed by atoms with Crippen LogP contribution in [0.3, 0.4) is 0 Å². The Balaban J connectivity index is 0.000000838. The normalized spacial score (nSPS) is 17.3. The third-order valence-corrected chi connectivity index (χ3v) is 7.84. The van der Waals surface area contributed by atoms with Gasteiger partial charge in [0.1, 0.15) is 11.6 Å². The smallest absolute Gasteiger partial charge is 0.414 e. The molecule has 0 saturated carbocycles. The molecule has 0 spiro atoms. The minimum absolute atomic E-state index is 0.107. The van der Waals surface area contributed by atoms with Crippen LogP contribution in [0.15, 0.2) is 48.5 Å². The summed E-state index contributed by atoms with van der Waals surface area (Å²) in [5.74, 6) is -2.99. The van der Waals surface area contributed by atoms with Gasteiger partial charge in [0.25, 0.3) is 0 Å². The van der Waals surface area contributed by atoms with E-state index in [2.05, 4.69) is 4.90 Å². The maximum absolute atomic E-state index is 13.6. The highest BCUT2D eigenvalue weighted by Gasteiger charge is 2.30. The summed E-state index contributed by atoms with van der Waals surface area (Å²) in [4.78, 5) is 36.3. The van der Waals surface area contributed by atoms with E-state index in [1.54, 1.807) is 12.1 Å². The van der Waals surface area contributed by atoms with E-state index in [0.29, 0.717) is 18.9 Å². The molecule has 1 amide bonds. The number of hydrogen-bond donors (Lipinski definition) is 2. The Morgan fingerprint density at radius 2 is 1.51 bits per heavy atom. The topological polar surface area (TPSA) is 126 Å². The van der Waals surface area contributed by atoms with Crippen molar-refractivity contribution >= 4 is 17.8 Å². The van der Waals surface area contributed by atoms with E-state index >= 15 is 0 Å². The maximum Gasteiger partial charge on any atom is 0.414 e. The molecule has 10 nitrogen and oxygen atoms in total. The van der Waals surface area contributed by atoms with Crippen molar-refractivity contribution in [2.75, 3.05) is 32.8 Å². The zero-order valence-corrected chi connectivity index (χ0v) is 26.7. The average molecular weight is 631 g/mol. The van der Waals surface area contributed by atoms with Crippen LogP contribution in [-0.4, -0.2) is 88.6 Å². The molecule has 2 aromatic carbocycles. The Hall–Kier alpha value is -3.54. The lowest BCUT2D eigenvalue weighted by Gasteiger charge is -2.39. The molecule has 2 heterocycles. The second-order valence-corrected chi connectivity index (χ2v) is 12.3. The fraction of sp³-hybridized carbons (Fsp3) is 0.559. The molecule has 2 aromatic rings. The quantitative estimate of drug-likeness (QED) is 0.331. The third kappa shape index (κ3) is 12.8. The first-order chi connectivity index (χ1) is 21.3. The van der Waals surface area contributed by atoms with Crippen molar-refractivity contribution in [1.29, 1.82) is 0 Å². The van der Waals surface area contributed by atoms with Crippen LogP contribution in [0.2, 0.25) is 0 Å². The van der Waals surface area contributed by atoms with Crippen molar-refractivity contribution < 1.29 is 43.2 Å². The predicted octanol–water partition coefficient (Wildman–Crippen LogP) is 4.98. The first-order valence-electron chi connectivity index (χ1n) is 15.6. The van der Waals surface area contributed by atoms with Gasteiger partial charge in [0, 0.05) is 31.6 Å². The van der Waals surface area contributed by atoms with Gasteiger partial charge in [-0.05, 0) is 95.3 Å². The number of piperidine rings is 1. The first-order valence-corrected chi connectivity index (χ1v) is 15.6. The monoisotopic (exact) mass is 630 g/mol. The number of ether oxygens (including phenoxy) is 3. The number of carboxylic acids is 2. The fourth-order valence-corrected chi connectivity index (χ4v) is 5.39. The van der Waals surface area contributed by atoms with Crippen molar-refractivity contribution in [2.24, 2.45) is 5.92 Å². The number of carbonyl (C=O) groups is 3.